The second kappa shape index (κ2) is 7.43. The first-order valence-corrected chi connectivity index (χ1v) is 8.33. The van der Waals surface area contributed by atoms with Gasteiger partial charge in [0.25, 0.3) is 0 Å². The normalized spacial score (nSPS) is 12.1. The molecule has 3 nitrogen and oxygen atoms in total. The number of rotatable bonds is 7. The van der Waals surface area contributed by atoms with Crippen molar-refractivity contribution in [2.45, 2.75) is 19.4 Å². The fraction of sp³-hybridized carbons (Fsp3) is 0.500. The van der Waals surface area contributed by atoms with Crippen molar-refractivity contribution >= 4 is 33.2 Å². The summed E-state index contributed by atoms with van der Waals surface area (Å²) in [4.78, 5) is 0. The van der Waals surface area contributed by atoms with E-state index in [0.29, 0.717) is 18.7 Å². The van der Waals surface area contributed by atoms with E-state index >= 15 is 0 Å². The van der Waals surface area contributed by atoms with Gasteiger partial charge in [0.05, 0.1) is 5.75 Å². The Bertz CT molecular complexity index is 502. The van der Waals surface area contributed by atoms with E-state index in [1.165, 1.54) is 25.2 Å². The van der Waals surface area contributed by atoms with Crippen LogP contribution in [0.2, 0.25) is 5.02 Å². The van der Waals surface area contributed by atoms with E-state index in [0.717, 1.165) is 4.31 Å². The Morgan fingerprint density at radius 1 is 1.32 bits per heavy atom. The highest BCUT2D eigenvalue weighted by Gasteiger charge is 2.20. The summed E-state index contributed by atoms with van der Waals surface area (Å²) < 4.78 is 38.6. The number of nitrogens with zero attached hydrogens (tertiary/aromatic N) is 1. The number of benzene rings is 1. The van der Waals surface area contributed by atoms with Gasteiger partial charge in [-0.15, -0.1) is 11.6 Å². The van der Waals surface area contributed by atoms with Crippen LogP contribution in [0.4, 0.5) is 4.39 Å². The molecule has 0 aliphatic heterocycles. The highest BCUT2D eigenvalue weighted by Crippen LogP contribution is 2.21. The summed E-state index contributed by atoms with van der Waals surface area (Å²) in [7, 11) is -2.00. The summed E-state index contributed by atoms with van der Waals surface area (Å²) in [5.74, 6) is -0.0731. The van der Waals surface area contributed by atoms with E-state index in [-0.39, 0.29) is 22.9 Å². The minimum Gasteiger partial charge on any atom is -0.212 e. The van der Waals surface area contributed by atoms with Crippen LogP contribution in [0.15, 0.2) is 18.2 Å². The Morgan fingerprint density at radius 3 is 2.58 bits per heavy atom. The van der Waals surface area contributed by atoms with Gasteiger partial charge in [-0.05, 0) is 25.0 Å². The maximum atomic E-state index is 13.6. The van der Waals surface area contributed by atoms with Crippen LogP contribution < -0.4 is 0 Å². The number of hydrogen-bond donors (Lipinski definition) is 0. The van der Waals surface area contributed by atoms with Gasteiger partial charge in [0, 0.05) is 30.1 Å². The quantitative estimate of drug-likeness (QED) is 0.569. The first-order chi connectivity index (χ1) is 8.88. The Hall–Kier alpha value is -0.360. The number of alkyl halides is 1. The standard InChI is InChI=1S/C12H16Cl2FNO2S/c1-16(19(17,18)8-3-2-7-13)9-10-11(14)5-4-6-12(10)15/h4-6H,2-3,7-9H2,1H3. The zero-order chi connectivity index (χ0) is 14.5. The Kier molecular flexibility index (Phi) is 6.53. The summed E-state index contributed by atoms with van der Waals surface area (Å²) >= 11 is 11.4. The Morgan fingerprint density at radius 2 is 2.00 bits per heavy atom. The largest absolute Gasteiger partial charge is 0.214 e. The van der Waals surface area contributed by atoms with E-state index in [2.05, 4.69) is 0 Å². The number of hydrogen-bond acceptors (Lipinski definition) is 2. The van der Waals surface area contributed by atoms with Gasteiger partial charge in [-0.25, -0.2) is 17.1 Å². The topological polar surface area (TPSA) is 37.4 Å². The molecular weight excluding hydrogens is 312 g/mol. The van der Waals surface area contributed by atoms with E-state index in [4.69, 9.17) is 23.2 Å². The summed E-state index contributed by atoms with van der Waals surface area (Å²) in [6, 6.07) is 4.28. The van der Waals surface area contributed by atoms with Gasteiger partial charge in [0.1, 0.15) is 5.82 Å². The molecule has 0 saturated heterocycles. The first kappa shape index (κ1) is 16.7. The molecule has 0 unspecified atom stereocenters. The van der Waals surface area contributed by atoms with Crippen LogP contribution in [0, 0.1) is 5.82 Å². The minimum atomic E-state index is -3.41. The van der Waals surface area contributed by atoms with Gasteiger partial charge in [0.15, 0.2) is 0 Å². The van der Waals surface area contributed by atoms with Crippen LogP contribution in [0.3, 0.4) is 0 Å². The number of sulfonamides is 1. The highest BCUT2D eigenvalue weighted by atomic mass is 35.5. The molecule has 108 valence electrons. The average molecular weight is 328 g/mol. The van der Waals surface area contributed by atoms with Gasteiger partial charge in [-0.3, -0.25) is 0 Å². The second-order valence-electron chi connectivity index (χ2n) is 4.17. The Balaban J connectivity index is 2.76. The van der Waals surface area contributed by atoms with Crippen molar-refractivity contribution in [3.63, 3.8) is 0 Å². The van der Waals surface area contributed by atoms with Crippen LogP contribution in [-0.2, 0) is 16.6 Å². The molecule has 0 heterocycles. The Labute approximate surface area is 123 Å². The number of unbranched alkanes of at least 4 members (excludes halogenated alkanes) is 1. The lowest BCUT2D eigenvalue weighted by Crippen LogP contribution is -2.29. The highest BCUT2D eigenvalue weighted by molar-refractivity contribution is 7.89. The van der Waals surface area contributed by atoms with Crippen molar-refractivity contribution in [2.24, 2.45) is 0 Å². The van der Waals surface area contributed by atoms with Crippen LogP contribution in [0.1, 0.15) is 18.4 Å². The third-order valence-corrected chi connectivity index (χ3v) is 5.21. The molecule has 0 atom stereocenters. The molecule has 1 aromatic rings. The molecular formula is C12H16Cl2FNO2S. The van der Waals surface area contributed by atoms with E-state index in [1.54, 1.807) is 0 Å². The molecule has 0 aromatic heterocycles. The third kappa shape index (κ3) is 4.91. The fourth-order valence-corrected chi connectivity index (χ4v) is 3.16. The van der Waals surface area contributed by atoms with Crippen LogP contribution in [0.25, 0.3) is 0 Å². The number of halogens is 3. The molecule has 0 aliphatic carbocycles. The SMILES string of the molecule is CN(Cc1c(F)cccc1Cl)S(=O)(=O)CCCCCl. The monoisotopic (exact) mass is 327 g/mol. The molecule has 1 rings (SSSR count). The minimum absolute atomic E-state index is 0.00227. The molecule has 0 radical (unpaired) electrons. The van der Waals surface area contributed by atoms with E-state index < -0.39 is 15.8 Å². The van der Waals surface area contributed by atoms with Crippen molar-refractivity contribution in [3.05, 3.63) is 34.6 Å². The molecule has 0 saturated carbocycles. The lowest BCUT2D eigenvalue weighted by molar-refractivity contribution is 0.455. The zero-order valence-electron chi connectivity index (χ0n) is 10.6. The average Bonchev–Trinajstić information content (AvgIpc) is 2.34. The summed E-state index contributed by atoms with van der Waals surface area (Å²) in [6.45, 7) is -0.0747. The summed E-state index contributed by atoms with van der Waals surface area (Å²) in [5, 5.41) is 0.225. The van der Waals surface area contributed by atoms with E-state index in [1.807, 2.05) is 0 Å². The van der Waals surface area contributed by atoms with Crippen molar-refractivity contribution < 1.29 is 12.8 Å². The van der Waals surface area contributed by atoms with Crippen molar-refractivity contribution in [1.82, 2.24) is 4.31 Å². The lowest BCUT2D eigenvalue weighted by atomic mass is 10.2. The molecule has 0 N–H and O–H groups in total. The summed E-state index contributed by atoms with van der Waals surface area (Å²) in [5.41, 5.74) is 0.188. The van der Waals surface area contributed by atoms with Gasteiger partial charge < -0.3 is 0 Å². The summed E-state index contributed by atoms with van der Waals surface area (Å²) in [6.07, 6.45) is 1.12. The molecule has 7 heteroatoms. The van der Waals surface area contributed by atoms with Gasteiger partial charge in [0.2, 0.25) is 10.0 Å². The van der Waals surface area contributed by atoms with Crippen molar-refractivity contribution in [3.8, 4) is 0 Å². The lowest BCUT2D eigenvalue weighted by Gasteiger charge is -2.18. The maximum absolute atomic E-state index is 13.6. The molecule has 0 fully saturated rings. The second-order valence-corrected chi connectivity index (χ2v) is 7.15. The van der Waals surface area contributed by atoms with Gasteiger partial charge in [-0.1, -0.05) is 17.7 Å². The van der Waals surface area contributed by atoms with Gasteiger partial charge in [-0.2, -0.15) is 0 Å². The molecule has 0 amide bonds. The third-order valence-electron chi connectivity index (χ3n) is 2.70. The smallest absolute Gasteiger partial charge is 0.212 e. The molecule has 0 bridgehead atoms. The zero-order valence-corrected chi connectivity index (χ0v) is 12.9. The molecule has 0 aliphatic rings. The van der Waals surface area contributed by atoms with Gasteiger partial charge >= 0.3 is 0 Å². The van der Waals surface area contributed by atoms with Crippen LogP contribution in [0.5, 0.6) is 0 Å². The molecule has 0 spiro atoms. The van der Waals surface area contributed by atoms with Crippen molar-refractivity contribution in [1.29, 1.82) is 0 Å². The fourth-order valence-electron chi connectivity index (χ4n) is 1.54. The molecule has 19 heavy (non-hydrogen) atoms. The predicted molar refractivity (Wildman–Crippen MR) is 76.6 cm³/mol. The predicted octanol–water partition coefficient (Wildman–Crippen LogP) is 3.26. The van der Waals surface area contributed by atoms with E-state index in [9.17, 15) is 12.8 Å². The first-order valence-electron chi connectivity index (χ1n) is 5.81. The van der Waals surface area contributed by atoms with Crippen LogP contribution >= 0.6 is 23.2 Å². The van der Waals surface area contributed by atoms with Crippen molar-refractivity contribution in [2.75, 3.05) is 18.7 Å². The van der Waals surface area contributed by atoms with Crippen LogP contribution in [-0.4, -0.2) is 31.4 Å². The molecule has 1 aromatic carbocycles. The maximum Gasteiger partial charge on any atom is 0.214 e.